The molecule has 0 aliphatic rings. The maximum atomic E-state index is 12.1. The second-order valence-electron chi connectivity index (χ2n) is 7.70. The topological polar surface area (TPSA) is 46.2 Å². The van der Waals surface area contributed by atoms with Gasteiger partial charge >= 0.3 is 0 Å². The monoisotopic (exact) mass is 359 g/mol. The number of hydrogen-bond donors (Lipinski definition) is 2. The van der Waals surface area contributed by atoms with Crippen LogP contribution in [0.4, 0.5) is 0 Å². The first-order valence-corrected chi connectivity index (χ1v) is 9.49. The molecule has 0 aliphatic heterocycles. The van der Waals surface area contributed by atoms with Crippen LogP contribution in [0.5, 0.6) is 0 Å². The molecule has 1 atom stereocenters. The highest BCUT2D eigenvalue weighted by atomic mass is 16.3. The molecule has 3 rings (SSSR count). The van der Waals surface area contributed by atoms with E-state index in [9.17, 15) is 5.11 Å². The number of rotatable bonds is 5. The van der Waals surface area contributed by atoms with E-state index in [0.717, 1.165) is 27.8 Å². The van der Waals surface area contributed by atoms with Crippen LogP contribution >= 0.6 is 0 Å². The van der Waals surface area contributed by atoms with Gasteiger partial charge in [0.1, 0.15) is 5.60 Å². The van der Waals surface area contributed by atoms with Gasteiger partial charge in [0.25, 0.3) is 0 Å². The maximum absolute atomic E-state index is 12.1. The Morgan fingerprint density at radius 2 is 1.26 bits per heavy atom. The molecule has 140 valence electrons. The summed E-state index contributed by atoms with van der Waals surface area (Å²) in [5, 5.41) is 12.1. The molecule has 0 fully saturated rings. The zero-order valence-corrected chi connectivity index (χ0v) is 16.7. The number of benzene rings is 3. The molecule has 0 saturated heterocycles. The summed E-state index contributed by atoms with van der Waals surface area (Å²) in [6.07, 6.45) is 0.595. The van der Waals surface area contributed by atoms with Crippen LogP contribution in [0.2, 0.25) is 0 Å². The smallest absolute Gasteiger partial charge is 0.130 e. The third kappa shape index (κ3) is 3.83. The van der Waals surface area contributed by atoms with Gasteiger partial charge in [-0.05, 0) is 61.9 Å². The Bertz CT molecular complexity index is 879. The first-order chi connectivity index (χ1) is 12.8. The van der Waals surface area contributed by atoms with Gasteiger partial charge < -0.3 is 10.8 Å². The van der Waals surface area contributed by atoms with Crippen molar-refractivity contribution in [3.63, 3.8) is 0 Å². The largest absolute Gasteiger partial charge is 0.379 e. The van der Waals surface area contributed by atoms with Crippen LogP contribution < -0.4 is 5.73 Å². The second-order valence-corrected chi connectivity index (χ2v) is 7.70. The number of hydrogen-bond acceptors (Lipinski definition) is 2. The molecule has 0 aromatic heterocycles. The van der Waals surface area contributed by atoms with Crippen LogP contribution in [0.25, 0.3) is 0 Å². The molecule has 1 unspecified atom stereocenters. The molecular weight excluding hydrogens is 330 g/mol. The van der Waals surface area contributed by atoms with Gasteiger partial charge in [0.15, 0.2) is 0 Å². The second kappa shape index (κ2) is 7.67. The van der Waals surface area contributed by atoms with Crippen molar-refractivity contribution in [2.75, 3.05) is 0 Å². The average molecular weight is 360 g/mol. The van der Waals surface area contributed by atoms with E-state index < -0.39 is 11.6 Å². The summed E-state index contributed by atoms with van der Waals surface area (Å²) in [6.45, 7) is 8.23. The fourth-order valence-corrected chi connectivity index (χ4v) is 4.04. The van der Waals surface area contributed by atoms with Crippen molar-refractivity contribution in [2.24, 2.45) is 5.73 Å². The van der Waals surface area contributed by atoms with Crippen molar-refractivity contribution in [3.05, 3.63) is 106 Å². The van der Waals surface area contributed by atoms with Crippen molar-refractivity contribution in [1.82, 2.24) is 0 Å². The number of nitrogens with two attached hydrogens (primary N) is 1. The third-order valence-corrected chi connectivity index (χ3v) is 5.42. The van der Waals surface area contributed by atoms with Crippen molar-refractivity contribution in [2.45, 2.75) is 45.8 Å². The average Bonchev–Trinajstić information content (AvgIpc) is 2.62. The molecule has 27 heavy (non-hydrogen) atoms. The van der Waals surface area contributed by atoms with Gasteiger partial charge in [-0.2, -0.15) is 0 Å². The van der Waals surface area contributed by atoms with E-state index in [-0.39, 0.29) is 0 Å². The minimum Gasteiger partial charge on any atom is -0.379 e. The molecule has 0 heterocycles. The highest BCUT2D eigenvalue weighted by molar-refractivity contribution is 5.47. The summed E-state index contributed by atoms with van der Waals surface area (Å²) in [4.78, 5) is 0. The molecule has 0 amide bonds. The Morgan fingerprint density at radius 3 is 1.70 bits per heavy atom. The van der Waals surface area contributed by atoms with Crippen LogP contribution in [0.1, 0.15) is 38.9 Å². The molecule has 2 nitrogen and oxygen atoms in total. The first-order valence-electron chi connectivity index (χ1n) is 9.49. The van der Waals surface area contributed by atoms with Crippen LogP contribution in [0.3, 0.4) is 0 Å². The predicted octanol–water partition coefficient (Wildman–Crippen LogP) is 4.73. The summed E-state index contributed by atoms with van der Waals surface area (Å²) in [7, 11) is 0. The standard InChI is InChI=1S/C25H29NO/c1-17-10-12-22(19(3)14-17)25(27,23-13-11-18(2)15-20(23)4)24(26)16-21-8-6-5-7-9-21/h5-15,24,27H,16,26H2,1-4H3. The van der Waals surface area contributed by atoms with E-state index in [1.807, 2.05) is 56.3 Å². The summed E-state index contributed by atoms with van der Waals surface area (Å²) < 4.78 is 0. The van der Waals surface area contributed by atoms with Crippen molar-refractivity contribution >= 4 is 0 Å². The van der Waals surface area contributed by atoms with Crippen LogP contribution in [-0.2, 0) is 12.0 Å². The Morgan fingerprint density at radius 1 is 0.778 bits per heavy atom. The zero-order valence-electron chi connectivity index (χ0n) is 16.7. The molecule has 3 aromatic carbocycles. The molecule has 0 spiro atoms. The quantitative estimate of drug-likeness (QED) is 0.692. The Kier molecular flexibility index (Phi) is 5.50. The minimum atomic E-state index is -1.26. The molecule has 3 N–H and O–H groups in total. The van der Waals surface area contributed by atoms with Crippen molar-refractivity contribution < 1.29 is 5.11 Å². The number of aryl methyl sites for hydroxylation is 4. The Balaban J connectivity index is 2.16. The van der Waals surface area contributed by atoms with Crippen molar-refractivity contribution in [1.29, 1.82) is 0 Å². The van der Waals surface area contributed by atoms with Gasteiger partial charge in [-0.1, -0.05) is 77.9 Å². The summed E-state index contributed by atoms with van der Waals surface area (Å²) in [6, 6.07) is 22.0. The van der Waals surface area contributed by atoms with Crippen LogP contribution in [0.15, 0.2) is 66.7 Å². The fraction of sp³-hybridized carbons (Fsp3) is 0.280. The Hall–Kier alpha value is -2.42. The maximum Gasteiger partial charge on any atom is 0.130 e. The molecule has 0 bridgehead atoms. The van der Waals surface area contributed by atoms with E-state index in [2.05, 4.69) is 38.1 Å². The van der Waals surface area contributed by atoms with E-state index in [4.69, 9.17) is 5.73 Å². The van der Waals surface area contributed by atoms with Crippen LogP contribution in [-0.4, -0.2) is 11.1 Å². The predicted molar refractivity (Wildman–Crippen MR) is 113 cm³/mol. The lowest BCUT2D eigenvalue weighted by Crippen LogP contribution is -2.48. The van der Waals surface area contributed by atoms with Gasteiger partial charge in [-0.25, -0.2) is 0 Å². The van der Waals surface area contributed by atoms with E-state index in [1.165, 1.54) is 11.1 Å². The van der Waals surface area contributed by atoms with Gasteiger partial charge in [0, 0.05) is 6.04 Å². The Labute approximate surface area is 162 Å². The molecule has 0 aliphatic carbocycles. The highest BCUT2D eigenvalue weighted by Crippen LogP contribution is 2.37. The van der Waals surface area contributed by atoms with E-state index in [1.54, 1.807) is 0 Å². The fourth-order valence-electron chi connectivity index (χ4n) is 4.04. The van der Waals surface area contributed by atoms with Gasteiger partial charge in [-0.3, -0.25) is 0 Å². The van der Waals surface area contributed by atoms with Gasteiger partial charge in [0.2, 0.25) is 0 Å². The third-order valence-electron chi connectivity index (χ3n) is 5.42. The normalized spacial score (nSPS) is 12.8. The lowest BCUT2D eigenvalue weighted by atomic mass is 9.75. The molecule has 0 radical (unpaired) electrons. The first kappa shape index (κ1) is 19.3. The molecule has 3 aromatic rings. The summed E-state index contributed by atoms with van der Waals surface area (Å²) in [5.41, 5.74) is 12.8. The van der Waals surface area contributed by atoms with Crippen LogP contribution in [0, 0.1) is 27.7 Å². The summed E-state index contributed by atoms with van der Waals surface area (Å²) >= 11 is 0. The molecule has 0 saturated carbocycles. The van der Waals surface area contributed by atoms with Crippen molar-refractivity contribution in [3.8, 4) is 0 Å². The molecule has 2 heteroatoms. The lowest BCUT2D eigenvalue weighted by Gasteiger charge is -2.37. The lowest BCUT2D eigenvalue weighted by molar-refractivity contribution is 0.0504. The van der Waals surface area contributed by atoms with Gasteiger partial charge in [-0.15, -0.1) is 0 Å². The number of aliphatic hydroxyl groups is 1. The van der Waals surface area contributed by atoms with E-state index in [0.29, 0.717) is 6.42 Å². The highest BCUT2D eigenvalue weighted by Gasteiger charge is 2.40. The summed E-state index contributed by atoms with van der Waals surface area (Å²) in [5.74, 6) is 0. The van der Waals surface area contributed by atoms with Gasteiger partial charge in [0.05, 0.1) is 0 Å². The van der Waals surface area contributed by atoms with E-state index >= 15 is 0 Å². The molecular formula is C25H29NO. The SMILES string of the molecule is Cc1ccc(C(O)(c2ccc(C)cc2C)C(N)Cc2ccccc2)c(C)c1. The zero-order chi connectivity index (χ0) is 19.6. The minimum absolute atomic E-state index is 0.470.